The zero-order valence-electron chi connectivity index (χ0n) is 37.0. The predicted octanol–water partition coefficient (Wildman–Crippen LogP) is 14.9. The molecule has 0 radical (unpaired) electrons. The van der Waals surface area contributed by atoms with Crippen molar-refractivity contribution in [3.63, 3.8) is 0 Å². The van der Waals surface area contributed by atoms with Crippen LogP contribution in [-0.2, 0) is 38.9 Å². The van der Waals surface area contributed by atoms with E-state index in [1.807, 2.05) is 24.4 Å². The Bertz CT molecular complexity index is 3420. The Labute approximate surface area is 389 Å². The Balaban J connectivity index is 0.00000484. The molecule has 0 amide bonds. The van der Waals surface area contributed by atoms with Gasteiger partial charge in [-0.3, -0.25) is 0 Å². The zero-order chi connectivity index (χ0) is 43.2. The van der Waals surface area contributed by atoms with Gasteiger partial charge >= 0.3 is 0 Å². The van der Waals surface area contributed by atoms with Crippen LogP contribution in [0.5, 0.6) is 11.5 Å². The summed E-state index contributed by atoms with van der Waals surface area (Å²) in [6, 6.07) is 61.2. The SMILES string of the molecule is Cn1c2ccccc2c2c(-c3ccc(C(C)(C)C)cc3N3[CH-]N(c4[c-]c(Oc5[c-]c6c(cc5)c5ccccc5n6-c5cc(C(C)(C)C)ccn5)ccc4)c4ccccc43)cccc21.[Pt]. The van der Waals surface area contributed by atoms with E-state index in [4.69, 9.17) is 9.72 Å². The van der Waals surface area contributed by atoms with Crippen molar-refractivity contribution in [3.8, 4) is 28.4 Å². The van der Waals surface area contributed by atoms with Crippen LogP contribution in [0, 0.1) is 18.8 Å². The van der Waals surface area contributed by atoms with Gasteiger partial charge in [0.1, 0.15) is 5.82 Å². The molecular weight excluding hydrogens is 966 g/mol. The van der Waals surface area contributed by atoms with E-state index in [0.717, 1.165) is 50.4 Å². The summed E-state index contributed by atoms with van der Waals surface area (Å²) >= 11 is 0. The Morgan fingerprint density at radius 2 is 1.19 bits per heavy atom. The van der Waals surface area contributed by atoms with Crippen LogP contribution >= 0.6 is 0 Å². The third-order valence-corrected chi connectivity index (χ3v) is 12.6. The van der Waals surface area contributed by atoms with Gasteiger partial charge in [-0.2, -0.15) is 12.1 Å². The summed E-state index contributed by atoms with van der Waals surface area (Å²) in [4.78, 5) is 9.42. The molecule has 4 heterocycles. The van der Waals surface area contributed by atoms with Crippen molar-refractivity contribution in [2.24, 2.45) is 7.05 Å². The molecule has 0 aliphatic carbocycles. The van der Waals surface area contributed by atoms with Gasteiger partial charge in [-0.15, -0.1) is 48.1 Å². The molecule has 0 fully saturated rings. The van der Waals surface area contributed by atoms with Gasteiger partial charge in [0, 0.05) is 95.8 Å². The number of rotatable bonds is 6. The van der Waals surface area contributed by atoms with Crippen LogP contribution in [0.1, 0.15) is 52.7 Å². The molecule has 0 spiro atoms. The summed E-state index contributed by atoms with van der Waals surface area (Å²) in [5, 5.41) is 4.74. The van der Waals surface area contributed by atoms with E-state index in [1.54, 1.807) is 0 Å². The summed E-state index contributed by atoms with van der Waals surface area (Å²) in [5.74, 6) is 2.06. The molecule has 1 aliphatic rings. The second-order valence-electron chi connectivity index (χ2n) is 18.7. The Kier molecular flexibility index (Phi) is 10.1. The van der Waals surface area contributed by atoms with Crippen LogP contribution in [-0.4, -0.2) is 14.1 Å². The number of anilines is 4. The monoisotopic (exact) mass is 1010 g/mol. The first-order chi connectivity index (χ1) is 30.4. The van der Waals surface area contributed by atoms with E-state index in [9.17, 15) is 0 Å². The first kappa shape index (κ1) is 41.4. The molecule has 10 aromatic rings. The van der Waals surface area contributed by atoms with Crippen molar-refractivity contribution in [3.05, 3.63) is 188 Å². The maximum absolute atomic E-state index is 6.66. The van der Waals surface area contributed by atoms with Crippen molar-refractivity contribution in [2.75, 3.05) is 9.80 Å². The average molecular weight is 1010 g/mol. The minimum Gasteiger partial charge on any atom is -0.509 e. The van der Waals surface area contributed by atoms with E-state index in [0.29, 0.717) is 11.5 Å². The molecule has 0 bridgehead atoms. The molecule has 64 heavy (non-hydrogen) atoms. The van der Waals surface area contributed by atoms with Crippen LogP contribution < -0.4 is 14.5 Å². The molecule has 7 heteroatoms. The van der Waals surface area contributed by atoms with Crippen LogP contribution in [0.15, 0.2) is 158 Å². The second-order valence-corrected chi connectivity index (χ2v) is 18.7. The van der Waals surface area contributed by atoms with Crippen molar-refractivity contribution < 1.29 is 25.8 Å². The third kappa shape index (κ3) is 6.87. The molecule has 0 saturated carbocycles. The second kappa shape index (κ2) is 15.6. The number of aryl methyl sites for hydroxylation is 1. The Hall–Kier alpha value is -6.62. The summed E-state index contributed by atoms with van der Waals surface area (Å²) in [6.07, 6.45) is 1.90. The fraction of sp³-hybridized carbons (Fsp3) is 0.158. The topological polar surface area (TPSA) is 38.5 Å². The van der Waals surface area contributed by atoms with Crippen LogP contribution in [0.4, 0.5) is 22.7 Å². The first-order valence-electron chi connectivity index (χ1n) is 21.7. The standard InChI is InChI=1S/C57H48N5O.Pt/c1-56(2,3)37-26-28-44(45-20-15-25-51-55(45)46-19-9-10-21-47(46)59(51)7)52(32-37)61-36-60(49-23-12-13-24-50(49)61)39-16-14-17-40(34-39)63-41-27-29-43-42-18-8-11-22-48(42)62(53(43)35-41)54-33-38(30-31-58-54)57(4,5)6;/h8-33,36H,1-7H3;/q-3;. The predicted molar refractivity (Wildman–Crippen MR) is 261 cm³/mol. The molecule has 0 N–H and O–H groups in total. The number of hydrogen-bond acceptors (Lipinski definition) is 4. The van der Waals surface area contributed by atoms with Crippen molar-refractivity contribution >= 4 is 66.4 Å². The van der Waals surface area contributed by atoms with Crippen molar-refractivity contribution in [2.45, 2.75) is 52.4 Å². The fourth-order valence-electron chi connectivity index (χ4n) is 9.29. The molecule has 7 aromatic carbocycles. The number of fused-ring (bicyclic) bond motifs is 7. The van der Waals surface area contributed by atoms with Crippen LogP contribution in [0.3, 0.4) is 0 Å². The van der Waals surface area contributed by atoms with Crippen LogP contribution in [0.2, 0.25) is 0 Å². The van der Waals surface area contributed by atoms with Gasteiger partial charge in [-0.25, -0.2) is 4.98 Å². The average Bonchev–Trinajstić information content (AvgIpc) is 3.93. The summed E-state index contributed by atoms with van der Waals surface area (Å²) in [5.41, 5.74) is 13.3. The van der Waals surface area contributed by atoms with E-state index >= 15 is 0 Å². The van der Waals surface area contributed by atoms with Crippen molar-refractivity contribution in [1.29, 1.82) is 0 Å². The molecule has 0 atom stereocenters. The number of aromatic nitrogens is 3. The normalized spacial score (nSPS) is 13.0. The van der Waals surface area contributed by atoms with E-state index in [-0.39, 0.29) is 31.9 Å². The maximum atomic E-state index is 6.66. The molecule has 11 rings (SSSR count). The zero-order valence-corrected chi connectivity index (χ0v) is 39.3. The van der Waals surface area contributed by atoms with Crippen LogP contribution in [0.25, 0.3) is 60.6 Å². The third-order valence-electron chi connectivity index (χ3n) is 12.6. The van der Waals surface area contributed by atoms with Crippen molar-refractivity contribution in [1.82, 2.24) is 14.1 Å². The van der Waals surface area contributed by atoms with E-state index < -0.39 is 0 Å². The quantitative estimate of drug-likeness (QED) is 0.156. The molecule has 320 valence electrons. The molecule has 3 aromatic heterocycles. The maximum Gasteiger partial charge on any atom is 0.135 e. The number of para-hydroxylation sites is 4. The van der Waals surface area contributed by atoms with E-state index in [2.05, 4.69) is 220 Å². The Morgan fingerprint density at radius 3 is 1.97 bits per heavy atom. The Morgan fingerprint density at radius 1 is 0.531 bits per heavy atom. The number of ether oxygens (including phenoxy) is 1. The minimum absolute atomic E-state index is 0. The molecular formula is C57H48N5OPt-3. The molecule has 0 unspecified atom stereocenters. The largest absolute Gasteiger partial charge is 0.509 e. The van der Waals surface area contributed by atoms with Gasteiger partial charge in [0.2, 0.25) is 0 Å². The van der Waals surface area contributed by atoms with Gasteiger partial charge in [0.25, 0.3) is 0 Å². The molecule has 1 aliphatic heterocycles. The summed E-state index contributed by atoms with van der Waals surface area (Å²) in [6.45, 7) is 15.7. The van der Waals surface area contributed by atoms with Gasteiger partial charge in [-0.05, 0) is 81.4 Å². The smallest absolute Gasteiger partial charge is 0.135 e. The van der Waals surface area contributed by atoms with Gasteiger partial charge < -0.3 is 23.7 Å². The number of nitrogens with zero attached hydrogens (tertiary/aromatic N) is 5. The molecule has 0 saturated heterocycles. The van der Waals surface area contributed by atoms with Gasteiger partial charge in [0.15, 0.2) is 0 Å². The summed E-state index contributed by atoms with van der Waals surface area (Å²) in [7, 11) is 2.16. The molecule has 6 nitrogen and oxygen atoms in total. The fourth-order valence-corrected chi connectivity index (χ4v) is 9.29. The number of hydrogen-bond donors (Lipinski definition) is 0. The van der Waals surface area contributed by atoms with E-state index in [1.165, 1.54) is 44.1 Å². The summed E-state index contributed by atoms with van der Waals surface area (Å²) < 4.78 is 11.2. The minimum atomic E-state index is -0.0571. The van der Waals surface area contributed by atoms with Gasteiger partial charge in [0.05, 0.1) is 0 Å². The number of benzene rings is 7. The first-order valence-corrected chi connectivity index (χ1v) is 21.7. The number of pyridine rings is 1. The van der Waals surface area contributed by atoms with Gasteiger partial charge in [-0.1, -0.05) is 120 Å².